The van der Waals surface area contributed by atoms with Crippen molar-refractivity contribution in [3.8, 4) is 22.9 Å². The van der Waals surface area contributed by atoms with E-state index in [1.54, 1.807) is 29.7 Å². The molecule has 2 N–H and O–H groups in total. The summed E-state index contributed by atoms with van der Waals surface area (Å²) >= 11 is 0. The first-order chi connectivity index (χ1) is 15.8. The molecule has 33 heavy (non-hydrogen) atoms. The van der Waals surface area contributed by atoms with Gasteiger partial charge in [-0.25, -0.2) is 9.78 Å². The number of nitrogens with zero attached hydrogens (tertiary/aromatic N) is 2. The van der Waals surface area contributed by atoms with Crippen molar-refractivity contribution < 1.29 is 28.9 Å². The van der Waals surface area contributed by atoms with Crippen LogP contribution in [0, 0.1) is 0 Å². The van der Waals surface area contributed by atoms with E-state index in [0.717, 1.165) is 0 Å². The van der Waals surface area contributed by atoms with Gasteiger partial charge in [-0.05, 0) is 24.6 Å². The van der Waals surface area contributed by atoms with Crippen LogP contribution < -0.4 is 20.3 Å². The van der Waals surface area contributed by atoms with Crippen LogP contribution in [0.25, 0.3) is 22.3 Å². The Morgan fingerprint density at radius 2 is 2.00 bits per heavy atom. The van der Waals surface area contributed by atoms with Gasteiger partial charge in [0.2, 0.25) is 12.7 Å². The minimum atomic E-state index is -1.89. The number of amides is 1. The Bertz CT molecular complexity index is 1480. The Labute approximate surface area is 186 Å². The first-order valence-electron chi connectivity index (χ1n) is 10.5. The van der Waals surface area contributed by atoms with E-state index in [2.05, 4.69) is 5.32 Å². The van der Waals surface area contributed by atoms with Crippen molar-refractivity contribution in [3.05, 3.63) is 45.2 Å². The minimum absolute atomic E-state index is 0.0607. The lowest BCUT2D eigenvalue weighted by Crippen LogP contribution is -2.44. The van der Waals surface area contributed by atoms with E-state index < -0.39 is 11.6 Å². The highest BCUT2D eigenvalue weighted by Crippen LogP contribution is 2.48. The van der Waals surface area contributed by atoms with Gasteiger partial charge in [-0.1, -0.05) is 6.92 Å². The van der Waals surface area contributed by atoms with Gasteiger partial charge in [-0.2, -0.15) is 0 Å². The molecule has 1 aromatic carbocycles. The molecule has 1 atom stereocenters. The van der Waals surface area contributed by atoms with Crippen molar-refractivity contribution in [3.63, 3.8) is 0 Å². The van der Waals surface area contributed by atoms with E-state index in [4.69, 9.17) is 19.2 Å². The number of carbonyl (C=O) groups is 2. The van der Waals surface area contributed by atoms with Crippen LogP contribution >= 0.6 is 0 Å². The van der Waals surface area contributed by atoms with E-state index in [1.165, 1.54) is 6.92 Å². The number of aliphatic hydroxyl groups is 1. The summed E-state index contributed by atoms with van der Waals surface area (Å²) in [4.78, 5) is 42.1. The van der Waals surface area contributed by atoms with Crippen LogP contribution in [0.4, 0.5) is 5.69 Å². The number of hydrogen-bond donors (Lipinski definition) is 2. The second-order valence-electron chi connectivity index (χ2n) is 8.30. The van der Waals surface area contributed by atoms with Crippen LogP contribution in [-0.2, 0) is 33.1 Å². The maximum Gasteiger partial charge on any atom is 0.343 e. The van der Waals surface area contributed by atoms with Crippen LogP contribution in [0.3, 0.4) is 0 Å². The molecule has 0 aliphatic carbocycles. The monoisotopic (exact) mass is 449 g/mol. The molecule has 0 saturated heterocycles. The molecule has 1 unspecified atom stereocenters. The van der Waals surface area contributed by atoms with Crippen molar-refractivity contribution in [2.75, 3.05) is 12.1 Å². The fraction of sp³-hybridized carbons (Fsp3) is 0.304. The summed E-state index contributed by atoms with van der Waals surface area (Å²) in [5, 5.41) is 14.4. The van der Waals surface area contributed by atoms with E-state index >= 15 is 0 Å². The maximum absolute atomic E-state index is 13.4. The highest BCUT2D eigenvalue weighted by atomic mass is 16.7. The van der Waals surface area contributed by atoms with Crippen LogP contribution in [0.5, 0.6) is 11.5 Å². The summed E-state index contributed by atoms with van der Waals surface area (Å²) in [7, 11) is 0. The maximum atomic E-state index is 13.4. The summed E-state index contributed by atoms with van der Waals surface area (Å²) in [5.74, 6) is -0.0119. The molecule has 0 fully saturated rings. The number of cyclic esters (lactones) is 1. The summed E-state index contributed by atoms with van der Waals surface area (Å²) in [6.07, 6.45) is 0.0702. The van der Waals surface area contributed by atoms with Gasteiger partial charge in [0, 0.05) is 18.1 Å². The smallest absolute Gasteiger partial charge is 0.343 e. The normalized spacial score (nSPS) is 19.7. The molecule has 0 bridgehead atoms. The number of aromatic nitrogens is 2. The zero-order valence-electron chi connectivity index (χ0n) is 17.9. The Morgan fingerprint density at radius 3 is 2.76 bits per heavy atom. The van der Waals surface area contributed by atoms with Crippen molar-refractivity contribution in [1.29, 1.82) is 0 Å². The molecule has 3 aliphatic rings. The van der Waals surface area contributed by atoms with Crippen molar-refractivity contribution >= 4 is 28.5 Å². The first-order valence-corrected chi connectivity index (χ1v) is 10.5. The molecule has 6 rings (SSSR count). The molecule has 0 radical (unpaired) electrons. The lowest BCUT2D eigenvalue weighted by atomic mass is 9.86. The largest absolute Gasteiger partial charge is 0.458 e. The Morgan fingerprint density at radius 1 is 1.21 bits per heavy atom. The zero-order valence-corrected chi connectivity index (χ0v) is 17.9. The van der Waals surface area contributed by atoms with E-state index in [0.29, 0.717) is 45.0 Å². The fourth-order valence-corrected chi connectivity index (χ4v) is 4.85. The highest BCUT2D eigenvalue weighted by molar-refractivity contribution is 6.02. The molecule has 0 saturated carbocycles. The third-order valence-corrected chi connectivity index (χ3v) is 6.47. The molecule has 5 heterocycles. The minimum Gasteiger partial charge on any atom is -0.458 e. The topological polar surface area (TPSA) is 129 Å². The lowest BCUT2D eigenvalue weighted by Gasteiger charge is -2.31. The number of esters is 1. The van der Waals surface area contributed by atoms with Gasteiger partial charge in [0.1, 0.15) is 12.4 Å². The summed E-state index contributed by atoms with van der Waals surface area (Å²) in [6, 6.07) is 5.10. The number of nitrogens with one attached hydrogen (secondary N) is 1. The number of anilines is 1. The summed E-state index contributed by atoms with van der Waals surface area (Å²) in [6.45, 7) is 3.02. The van der Waals surface area contributed by atoms with Gasteiger partial charge in [-0.15, -0.1) is 0 Å². The summed E-state index contributed by atoms with van der Waals surface area (Å²) < 4.78 is 18.2. The van der Waals surface area contributed by atoms with Crippen molar-refractivity contribution in [1.82, 2.24) is 9.55 Å². The quantitative estimate of drug-likeness (QED) is 0.443. The standard InChI is InChI=1S/C23H19N3O7/c1-3-23(30)13-6-16-18-11(7-26(16)21(28)12(13)8-31-22(23)29)19-17-14(25-18)4-5-15(24-10(2)27)20(17)33-9-32-19/h4-6,30H,3,7-9H2,1-2H3,(H,24,27). The molecule has 3 aliphatic heterocycles. The number of pyridine rings is 2. The Hall–Kier alpha value is -3.92. The van der Waals surface area contributed by atoms with Crippen molar-refractivity contribution in [2.24, 2.45) is 0 Å². The van der Waals surface area contributed by atoms with Crippen molar-refractivity contribution in [2.45, 2.75) is 39.0 Å². The molecule has 10 heteroatoms. The number of rotatable bonds is 2. The Kier molecular flexibility index (Phi) is 3.92. The molecular formula is C23H19N3O7. The SMILES string of the molecule is CCC1(O)C(=O)OCc2c1cc1n(c2=O)Cc2c-1nc1ccc(NC(C)=O)c3c1c2OCO3. The molecule has 168 valence electrons. The van der Waals surface area contributed by atoms with E-state index in [-0.39, 0.29) is 49.0 Å². The number of ether oxygens (including phenoxy) is 3. The Balaban J connectivity index is 1.62. The third-order valence-electron chi connectivity index (χ3n) is 6.47. The van der Waals surface area contributed by atoms with E-state index in [1.807, 2.05) is 0 Å². The van der Waals surface area contributed by atoms with Crippen LogP contribution in [-0.4, -0.2) is 33.3 Å². The first kappa shape index (κ1) is 19.7. The van der Waals surface area contributed by atoms with Gasteiger partial charge in [0.25, 0.3) is 5.56 Å². The van der Waals surface area contributed by atoms with Crippen LogP contribution in [0.1, 0.15) is 37.0 Å². The highest BCUT2D eigenvalue weighted by Gasteiger charge is 2.45. The predicted octanol–water partition coefficient (Wildman–Crippen LogP) is 1.77. The molecule has 1 amide bonds. The van der Waals surface area contributed by atoms with Gasteiger partial charge >= 0.3 is 5.97 Å². The predicted molar refractivity (Wildman–Crippen MR) is 115 cm³/mol. The van der Waals surface area contributed by atoms with Crippen LogP contribution in [0.2, 0.25) is 0 Å². The van der Waals surface area contributed by atoms with Crippen LogP contribution in [0.15, 0.2) is 23.0 Å². The molecule has 0 spiro atoms. The average molecular weight is 449 g/mol. The number of hydrogen-bond acceptors (Lipinski definition) is 8. The second kappa shape index (κ2) is 6.55. The van der Waals surface area contributed by atoms with Gasteiger partial charge in [0.05, 0.1) is 40.1 Å². The zero-order chi connectivity index (χ0) is 23.1. The molecule has 10 nitrogen and oxygen atoms in total. The molecular weight excluding hydrogens is 430 g/mol. The fourth-order valence-electron chi connectivity index (χ4n) is 4.85. The van der Waals surface area contributed by atoms with E-state index in [9.17, 15) is 19.5 Å². The average Bonchev–Trinajstić information content (AvgIpc) is 3.17. The molecule has 3 aromatic rings. The lowest BCUT2D eigenvalue weighted by molar-refractivity contribution is -0.172. The number of fused-ring (bicyclic) bond motifs is 5. The number of benzene rings is 1. The third kappa shape index (κ3) is 2.52. The second-order valence-corrected chi connectivity index (χ2v) is 8.30. The van der Waals surface area contributed by atoms with Gasteiger partial charge in [0.15, 0.2) is 11.4 Å². The van der Waals surface area contributed by atoms with Gasteiger partial charge < -0.3 is 29.2 Å². The molecule has 2 aromatic heterocycles. The number of carbonyl (C=O) groups excluding carboxylic acids is 2. The summed E-state index contributed by atoms with van der Waals surface area (Å²) in [5.41, 5.74) is 1.08. The van der Waals surface area contributed by atoms with Gasteiger partial charge in [-0.3, -0.25) is 9.59 Å².